The Morgan fingerprint density at radius 2 is 2.27 bits per heavy atom. The molecular weight excluding hydrogens is 164 g/mol. The van der Waals surface area contributed by atoms with Gasteiger partial charge in [0, 0.05) is 6.04 Å². The summed E-state index contributed by atoms with van der Waals surface area (Å²) in [6.07, 6.45) is 0. The van der Waals surface area contributed by atoms with Crippen LogP contribution >= 0.6 is 11.6 Å². The molecule has 1 aromatic rings. The van der Waals surface area contributed by atoms with Crippen LogP contribution in [0, 0.1) is 0 Å². The standard InChI is InChI=1S/C7H9ClN2O/c1-4(9)5-2-3-6(11)7(8)10-5/h2-4,11H,9H2,1H3/t4-/m0/s1. The van der Waals surface area contributed by atoms with Crippen LogP contribution in [0.25, 0.3) is 0 Å². The Morgan fingerprint density at radius 1 is 1.64 bits per heavy atom. The smallest absolute Gasteiger partial charge is 0.171 e. The summed E-state index contributed by atoms with van der Waals surface area (Å²) in [6.45, 7) is 1.80. The van der Waals surface area contributed by atoms with Gasteiger partial charge >= 0.3 is 0 Å². The lowest BCUT2D eigenvalue weighted by Gasteiger charge is -2.04. The summed E-state index contributed by atoms with van der Waals surface area (Å²) in [7, 11) is 0. The molecule has 3 N–H and O–H groups in total. The van der Waals surface area contributed by atoms with Crippen molar-refractivity contribution in [3.8, 4) is 5.75 Å². The van der Waals surface area contributed by atoms with E-state index in [1.165, 1.54) is 6.07 Å². The summed E-state index contributed by atoms with van der Waals surface area (Å²) in [4.78, 5) is 3.86. The summed E-state index contributed by atoms with van der Waals surface area (Å²) >= 11 is 5.54. The van der Waals surface area contributed by atoms with Gasteiger partial charge in [0.1, 0.15) is 0 Å². The van der Waals surface area contributed by atoms with Gasteiger partial charge in [-0.3, -0.25) is 0 Å². The van der Waals surface area contributed by atoms with E-state index in [1.807, 2.05) is 0 Å². The predicted octanol–water partition coefficient (Wildman–Crippen LogP) is 1.46. The molecule has 0 aromatic carbocycles. The maximum absolute atomic E-state index is 8.99. The molecule has 60 valence electrons. The highest BCUT2D eigenvalue weighted by Crippen LogP contribution is 2.21. The topological polar surface area (TPSA) is 59.1 Å². The largest absolute Gasteiger partial charge is 0.505 e. The van der Waals surface area contributed by atoms with Crippen molar-refractivity contribution in [2.75, 3.05) is 0 Å². The van der Waals surface area contributed by atoms with Gasteiger partial charge in [0.15, 0.2) is 10.9 Å². The van der Waals surface area contributed by atoms with E-state index in [0.717, 1.165) is 0 Å². The van der Waals surface area contributed by atoms with Crippen molar-refractivity contribution in [2.24, 2.45) is 5.73 Å². The molecule has 0 amide bonds. The van der Waals surface area contributed by atoms with Crippen molar-refractivity contribution in [2.45, 2.75) is 13.0 Å². The fraction of sp³-hybridized carbons (Fsp3) is 0.286. The SMILES string of the molecule is C[C@H](N)c1ccc(O)c(Cl)n1. The first kappa shape index (κ1) is 8.30. The Labute approximate surface area is 69.8 Å². The summed E-state index contributed by atoms with van der Waals surface area (Å²) in [5.41, 5.74) is 6.20. The average molecular weight is 173 g/mol. The number of aromatic hydroxyl groups is 1. The van der Waals surface area contributed by atoms with Crippen LogP contribution in [0.3, 0.4) is 0 Å². The molecule has 0 spiro atoms. The van der Waals surface area contributed by atoms with Crippen molar-refractivity contribution in [1.29, 1.82) is 0 Å². The number of aromatic nitrogens is 1. The lowest BCUT2D eigenvalue weighted by atomic mass is 10.2. The summed E-state index contributed by atoms with van der Waals surface area (Å²) in [5.74, 6) is -0.0175. The third kappa shape index (κ3) is 1.82. The van der Waals surface area contributed by atoms with Crippen LogP contribution in [0.5, 0.6) is 5.75 Å². The maximum Gasteiger partial charge on any atom is 0.171 e. The number of pyridine rings is 1. The second-order valence-electron chi connectivity index (χ2n) is 2.33. The van der Waals surface area contributed by atoms with Gasteiger partial charge in [-0.15, -0.1) is 0 Å². The normalized spacial score (nSPS) is 13.0. The molecule has 0 aliphatic heterocycles. The fourth-order valence-electron chi connectivity index (χ4n) is 0.695. The first-order valence-electron chi connectivity index (χ1n) is 3.22. The van der Waals surface area contributed by atoms with Gasteiger partial charge in [0.2, 0.25) is 0 Å². The van der Waals surface area contributed by atoms with E-state index < -0.39 is 0 Å². The molecule has 0 fully saturated rings. The third-order valence-electron chi connectivity index (χ3n) is 1.32. The molecule has 0 unspecified atom stereocenters. The second-order valence-corrected chi connectivity index (χ2v) is 2.69. The van der Waals surface area contributed by atoms with Crippen LogP contribution in [0.2, 0.25) is 5.15 Å². The number of nitrogens with two attached hydrogens (primary N) is 1. The monoisotopic (exact) mass is 172 g/mol. The fourth-order valence-corrected chi connectivity index (χ4v) is 0.855. The zero-order valence-corrected chi connectivity index (χ0v) is 6.84. The Balaban J connectivity index is 3.05. The van der Waals surface area contributed by atoms with Crippen molar-refractivity contribution in [3.05, 3.63) is 23.0 Å². The number of nitrogens with zero attached hydrogens (tertiary/aromatic N) is 1. The molecule has 0 aliphatic carbocycles. The molecule has 1 rings (SSSR count). The van der Waals surface area contributed by atoms with E-state index in [4.69, 9.17) is 22.4 Å². The molecule has 0 radical (unpaired) electrons. The quantitative estimate of drug-likeness (QED) is 0.631. The van der Waals surface area contributed by atoms with Crippen LogP contribution in [0.4, 0.5) is 0 Å². The number of halogens is 1. The lowest BCUT2D eigenvalue weighted by Crippen LogP contribution is -2.06. The van der Waals surface area contributed by atoms with Gasteiger partial charge < -0.3 is 10.8 Å². The molecule has 4 heteroatoms. The van der Waals surface area contributed by atoms with Crippen LogP contribution in [0.1, 0.15) is 18.7 Å². The van der Waals surface area contributed by atoms with E-state index in [2.05, 4.69) is 4.98 Å². The van der Waals surface area contributed by atoms with E-state index in [-0.39, 0.29) is 16.9 Å². The number of hydrogen-bond donors (Lipinski definition) is 2. The minimum Gasteiger partial charge on any atom is -0.505 e. The van der Waals surface area contributed by atoms with Gasteiger partial charge in [0.25, 0.3) is 0 Å². The van der Waals surface area contributed by atoms with Crippen molar-refractivity contribution in [3.63, 3.8) is 0 Å². The molecule has 0 aliphatic rings. The number of hydrogen-bond acceptors (Lipinski definition) is 3. The molecule has 0 bridgehead atoms. The first-order valence-corrected chi connectivity index (χ1v) is 3.60. The minimum absolute atomic E-state index is 0.0175. The van der Waals surface area contributed by atoms with Gasteiger partial charge in [-0.25, -0.2) is 4.98 Å². The zero-order chi connectivity index (χ0) is 8.43. The van der Waals surface area contributed by atoms with Crippen molar-refractivity contribution >= 4 is 11.6 Å². The molecule has 11 heavy (non-hydrogen) atoms. The zero-order valence-electron chi connectivity index (χ0n) is 6.08. The summed E-state index contributed by atoms with van der Waals surface area (Å²) in [6, 6.07) is 2.97. The Hall–Kier alpha value is -0.800. The maximum atomic E-state index is 8.99. The van der Waals surface area contributed by atoms with Crippen LogP contribution in [-0.2, 0) is 0 Å². The molecule has 1 aromatic heterocycles. The highest BCUT2D eigenvalue weighted by atomic mass is 35.5. The van der Waals surface area contributed by atoms with E-state index >= 15 is 0 Å². The van der Waals surface area contributed by atoms with Crippen molar-refractivity contribution in [1.82, 2.24) is 4.98 Å². The highest BCUT2D eigenvalue weighted by Gasteiger charge is 2.04. The average Bonchev–Trinajstić information content (AvgIpc) is 1.94. The molecular formula is C7H9ClN2O. The van der Waals surface area contributed by atoms with Gasteiger partial charge in [-0.05, 0) is 19.1 Å². The van der Waals surface area contributed by atoms with Crippen LogP contribution < -0.4 is 5.73 Å². The van der Waals surface area contributed by atoms with Gasteiger partial charge in [-0.1, -0.05) is 11.6 Å². The third-order valence-corrected chi connectivity index (χ3v) is 1.60. The predicted molar refractivity (Wildman–Crippen MR) is 43.5 cm³/mol. The van der Waals surface area contributed by atoms with E-state index in [1.54, 1.807) is 13.0 Å². The van der Waals surface area contributed by atoms with Crippen molar-refractivity contribution < 1.29 is 5.11 Å². The summed E-state index contributed by atoms with van der Waals surface area (Å²) < 4.78 is 0. The van der Waals surface area contributed by atoms with Gasteiger partial charge in [0.05, 0.1) is 5.69 Å². The Kier molecular flexibility index (Phi) is 2.31. The molecule has 3 nitrogen and oxygen atoms in total. The Morgan fingerprint density at radius 3 is 2.73 bits per heavy atom. The van der Waals surface area contributed by atoms with Gasteiger partial charge in [-0.2, -0.15) is 0 Å². The lowest BCUT2D eigenvalue weighted by molar-refractivity contribution is 0.472. The molecule has 0 saturated heterocycles. The minimum atomic E-state index is -0.159. The Bertz CT molecular complexity index is 263. The van der Waals surface area contributed by atoms with Crippen LogP contribution in [-0.4, -0.2) is 10.1 Å². The molecule has 1 heterocycles. The second kappa shape index (κ2) is 3.07. The van der Waals surface area contributed by atoms with Crippen LogP contribution in [0.15, 0.2) is 12.1 Å². The van der Waals surface area contributed by atoms with E-state index in [0.29, 0.717) is 5.69 Å². The first-order chi connectivity index (χ1) is 5.11. The summed E-state index contributed by atoms with van der Waals surface area (Å²) in [5, 5.41) is 9.09. The molecule has 0 saturated carbocycles. The molecule has 1 atom stereocenters. The highest BCUT2D eigenvalue weighted by molar-refractivity contribution is 6.30. The van der Waals surface area contributed by atoms with E-state index in [9.17, 15) is 0 Å². The number of rotatable bonds is 1.